The van der Waals surface area contributed by atoms with Crippen LogP contribution in [0.15, 0.2) is 50.2 Å². The first kappa shape index (κ1) is 11.4. The van der Waals surface area contributed by atoms with E-state index in [1.165, 1.54) is 5.56 Å². The van der Waals surface area contributed by atoms with E-state index in [4.69, 9.17) is 4.42 Å². The van der Waals surface area contributed by atoms with Crippen LogP contribution in [0.2, 0.25) is 0 Å². The monoisotopic (exact) mass is 392 g/mol. The number of benzene rings is 1. The highest BCUT2D eigenvalue weighted by atomic mass is 79.9. The molecule has 0 aliphatic heterocycles. The highest BCUT2D eigenvalue weighted by Crippen LogP contribution is 2.36. The predicted octanol–water partition coefficient (Wildman–Crippen LogP) is 5.29. The Morgan fingerprint density at radius 1 is 1.13 bits per heavy atom. The van der Waals surface area contributed by atoms with E-state index < -0.39 is 0 Å². The second-order valence-electron chi connectivity index (χ2n) is 3.09. The van der Waals surface area contributed by atoms with Gasteiger partial charge in [-0.05, 0) is 29.8 Å². The fraction of sp³-hybridized carbons (Fsp3) is 0.0909. The Kier molecular flexibility index (Phi) is 3.69. The number of hydrogen-bond acceptors (Lipinski definition) is 1. The Morgan fingerprint density at radius 3 is 2.60 bits per heavy atom. The third kappa shape index (κ3) is 2.55. The minimum Gasteiger partial charge on any atom is -0.472 e. The Balaban J connectivity index is 2.41. The second kappa shape index (κ2) is 4.85. The minimum atomic E-state index is 0.142. The zero-order chi connectivity index (χ0) is 10.8. The summed E-state index contributed by atoms with van der Waals surface area (Å²) in [5.74, 6) is 0. The number of rotatable bonds is 2. The zero-order valence-corrected chi connectivity index (χ0v) is 12.3. The Morgan fingerprint density at radius 2 is 1.93 bits per heavy atom. The van der Waals surface area contributed by atoms with E-state index in [0.29, 0.717) is 0 Å². The summed E-state index contributed by atoms with van der Waals surface area (Å²) in [5, 5.41) is 0. The van der Waals surface area contributed by atoms with E-state index in [2.05, 4.69) is 53.9 Å². The highest BCUT2D eigenvalue weighted by molar-refractivity contribution is 9.11. The maximum atomic E-state index is 5.07. The minimum absolute atomic E-state index is 0.142. The normalized spacial score (nSPS) is 12.7. The first-order valence-electron chi connectivity index (χ1n) is 4.29. The van der Waals surface area contributed by atoms with Gasteiger partial charge < -0.3 is 4.42 Å². The van der Waals surface area contributed by atoms with E-state index in [-0.39, 0.29) is 4.83 Å². The van der Waals surface area contributed by atoms with Crippen LogP contribution in [0.25, 0.3) is 0 Å². The van der Waals surface area contributed by atoms with Crippen LogP contribution >= 0.6 is 47.8 Å². The van der Waals surface area contributed by atoms with E-state index in [9.17, 15) is 0 Å². The molecule has 2 rings (SSSR count). The molecule has 1 nitrogen and oxygen atoms in total. The van der Waals surface area contributed by atoms with Crippen LogP contribution in [-0.2, 0) is 0 Å². The average Bonchev–Trinajstić information content (AvgIpc) is 2.74. The number of halogens is 3. The largest absolute Gasteiger partial charge is 0.472 e. The van der Waals surface area contributed by atoms with Gasteiger partial charge in [0.05, 0.1) is 17.4 Å². The lowest BCUT2D eigenvalue weighted by atomic mass is 10.1. The number of hydrogen-bond donors (Lipinski definition) is 0. The summed E-state index contributed by atoms with van der Waals surface area (Å²) < 4.78 is 7.21. The summed E-state index contributed by atoms with van der Waals surface area (Å²) in [4.78, 5) is 0.142. The summed E-state index contributed by atoms with van der Waals surface area (Å²) in [7, 11) is 0. The van der Waals surface area contributed by atoms with Crippen molar-refractivity contribution < 1.29 is 4.42 Å². The van der Waals surface area contributed by atoms with Crippen LogP contribution in [-0.4, -0.2) is 0 Å². The van der Waals surface area contributed by atoms with Gasteiger partial charge in [0, 0.05) is 14.5 Å². The molecule has 0 saturated carbocycles. The van der Waals surface area contributed by atoms with Gasteiger partial charge in [0.15, 0.2) is 0 Å². The molecule has 0 aliphatic carbocycles. The van der Waals surface area contributed by atoms with E-state index in [1.54, 1.807) is 12.5 Å². The van der Waals surface area contributed by atoms with Crippen LogP contribution < -0.4 is 0 Å². The fourth-order valence-corrected chi connectivity index (χ4v) is 3.11. The number of alkyl halides is 1. The van der Waals surface area contributed by atoms with Crippen molar-refractivity contribution in [3.8, 4) is 0 Å². The van der Waals surface area contributed by atoms with Crippen LogP contribution in [0, 0.1) is 0 Å². The lowest BCUT2D eigenvalue weighted by Crippen LogP contribution is -1.92. The molecular formula is C11H7Br3O. The van der Waals surface area contributed by atoms with Crippen LogP contribution in [0.5, 0.6) is 0 Å². The topological polar surface area (TPSA) is 13.1 Å². The van der Waals surface area contributed by atoms with Crippen molar-refractivity contribution in [1.82, 2.24) is 0 Å². The lowest BCUT2D eigenvalue weighted by molar-refractivity contribution is 0.564. The molecule has 1 unspecified atom stereocenters. The van der Waals surface area contributed by atoms with Gasteiger partial charge in [0.2, 0.25) is 0 Å². The first-order chi connectivity index (χ1) is 7.18. The summed E-state index contributed by atoms with van der Waals surface area (Å²) in [6.45, 7) is 0. The van der Waals surface area contributed by atoms with E-state index in [1.807, 2.05) is 18.2 Å². The van der Waals surface area contributed by atoms with Gasteiger partial charge in [-0.3, -0.25) is 0 Å². The molecule has 15 heavy (non-hydrogen) atoms. The summed E-state index contributed by atoms with van der Waals surface area (Å²) in [6, 6.07) is 8.06. The molecule has 1 atom stereocenters. The lowest BCUT2D eigenvalue weighted by Gasteiger charge is -2.10. The maximum Gasteiger partial charge on any atom is 0.0949 e. The van der Waals surface area contributed by atoms with Gasteiger partial charge in [0.1, 0.15) is 0 Å². The zero-order valence-electron chi connectivity index (χ0n) is 7.58. The van der Waals surface area contributed by atoms with Crippen LogP contribution in [0.3, 0.4) is 0 Å². The van der Waals surface area contributed by atoms with Gasteiger partial charge >= 0.3 is 0 Å². The van der Waals surface area contributed by atoms with Gasteiger partial charge in [-0.15, -0.1) is 0 Å². The molecule has 0 bridgehead atoms. The Labute approximate surface area is 113 Å². The molecule has 0 fully saturated rings. The molecule has 1 aromatic heterocycles. The molecule has 0 amide bonds. The maximum absolute atomic E-state index is 5.07. The van der Waals surface area contributed by atoms with Gasteiger partial charge in [-0.1, -0.05) is 47.8 Å². The van der Waals surface area contributed by atoms with E-state index in [0.717, 1.165) is 14.5 Å². The molecule has 2 aromatic rings. The first-order valence-corrected chi connectivity index (χ1v) is 6.80. The molecule has 0 saturated heterocycles. The van der Waals surface area contributed by atoms with Crippen molar-refractivity contribution in [1.29, 1.82) is 0 Å². The number of furan rings is 1. The predicted molar refractivity (Wildman–Crippen MR) is 71.3 cm³/mol. The van der Waals surface area contributed by atoms with Crippen molar-refractivity contribution in [2.75, 3.05) is 0 Å². The molecule has 0 N–H and O–H groups in total. The smallest absolute Gasteiger partial charge is 0.0949 e. The third-order valence-corrected chi connectivity index (χ3v) is 4.30. The molecule has 0 spiro atoms. The highest BCUT2D eigenvalue weighted by Gasteiger charge is 2.14. The molecule has 1 aromatic carbocycles. The van der Waals surface area contributed by atoms with Gasteiger partial charge in [0.25, 0.3) is 0 Å². The van der Waals surface area contributed by atoms with Crippen molar-refractivity contribution in [2.24, 2.45) is 0 Å². The second-order valence-corrected chi connectivity index (χ2v) is 5.77. The molecule has 78 valence electrons. The van der Waals surface area contributed by atoms with Crippen molar-refractivity contribution in [2.45, 2.75) is 4.83 Å². The summed E-state index contributed by atoms with van der Waals surface area (Å²) >= 11 is 10.6. The molecule has 4 heteroatoms. The Hall–Kier alpha value is -0.0600. The van der Waals surface area contributed by atoms with Crippen molar-refractivity contribution >= 4 is 47.8 Å². The van der Waals surface area contributed by atoms with Crippen molar-refractivity contribution in [3.05, 3.63) is 56.9 Å². The third-order valence-electron chi connectivity index (χ3n) is 2.07. The molecule has 1 heterocycles. The standard InChI is InChI=1S/C11H7Br3O/c12-8-1-2-10(13)9(5-8)11(14)7-3-4-15-6-7/h1-6,11H. The van der Waals surface area contributed by atoms with Crippen molar-refractivity contribution in [3.63, 3.8) is 0 Å². The van der Waals surface area contributed by atoms with Gasteiger partial charge in [-0.25, -0.2) is 0 Å². The molecule has 0 aliphatic rings. The fourth-order valence-electron chi connectivity index (χ4n) is 1.31. The summed E-state index contributed by atoms with van der Waals surface area (Å²) in [6.07, 6.45) is 3.42. The van der Waals surface area contributed by atoms with Crippen LogP contribution in [0.1, 0.15) is 16.0 Å². The Bertz CT molecular complexity index is 451. The average molecular weight is 395 g/mol. The van der Waals surface area contributed by atoms with Crippen LogP contribution in [0.4, 0.5) is 0 Å². The SMILES string of the molecule is Brc1ccc(Br)c(C(Br)c2ccoc2)c1. The van der Waals surface area contributed by atoms with E-state index >= 15 is 0 Å². The summed E-state index contributed by atoms with van der Waals surface area (Å²) in [5.41, 5.74) is 2.28. The van der Waals surface area contributed by atoms with Gasteiger partial charge in [-0.2, -0.15) is 0 Å². The molecular weight excluding hydrogens is 388 g/mol. The molecule has 0 radical (unpaired) electrons. The quantitative estimate of drug-likeness (QED) is 0.631.